The number of guanidine groups is 1. The summed E-state index contributed by atoms with van der Waals surface area (Å²) in [5.41, 5.74) is 8.69. The van der Waals surface area contributed by atoms with Crippen LogP contribution in [0.5, 0.6) is 11.5 Å². The van der Waals surface area contributed by atoms with E-state index in [4.69, 9.17) is 10.7 Å². The number of rotatable bonds is 8. The lowest BCUT2D eigenvalue weighted by Gasteiger charge is -2.36. The van der Waals surface area contributed by atoms with Crippen molar-refractivity contribution in [2.45, 2.75) is 19.1 Å². The molecule has 12 nitrogen and oxygen atoms in total. The SMILES string of the molecule is C=C/N=C1/C=NC(N2CCN(CCN(C)C)CC2)=N/C1=C(/N)Nc1cc(C(=O)Nc2ccc3c(c2)OC(F)(F)C(F)(F)O3)ccc1C. The molecule has 0 aliphatic carbocycles. The lowest BCUT2D eigenvalue weighted by Crippen LogP contribution is -2.52. The van der Waals surface area contributed by atoms with E-state index in [1.165, 1.54) is 12.3 Å². The summed E-state index contributed by atoms with van der Waals surface area (Å²) in [5, 5.41) is 5.66. The third-order valence-corrected chi connectivity index (χ3v) is 7.55. The average Bonchev–Trinajstić information content (AvgIpc) is 3.02. The van der Waals surface area contributed by atoms with E-state index in [1.807, 2.05) is 21.0 Å². The number of alkyl halides is 4. The summed E-state index contributed by atoms with van der Waals surface area (Å²) in [5.74, 6) is -1.19. The minimum atomic E-state index is -4.89. The highest BCUT2D eigenvalue weighted by Gasteiger charge is 2.66. The van der Waals surface area contributed by atoms with Crippen LogP contribution in [-0.2, 0) is 0 Å². The number of halogens is 4. The Hall–Kier alpha value is -4.96. The summed E-state index contributed by atoms with van der Waals surface area (Å²) in [6.45, 7) is 10.6. The number of hydrogen-bond acceptors (Lipinski definition) is 11. The van der Waals surface area contributed by atoms with Crippen molar-refractivity contribution < 1.29 is 31.8 Å². The molecule has 0 radical (unpaired) electrons. The standard InChI is InChI=1S/C31H35F4N9O3/c1-5-37-23-18-38-29(44-14-12-43(13-15-44)11-10-42(3)4)41-26(23)27(36)40-22-16-20(7-6-19(22)2)28(45)39-21-8-9-24-25(17-21)47-31(34,35)30(32,33)46-24/h5-9,16-18,40H,1,10-15,36H2,2-4H3,(H,39,45)/b27-26-,37-23-. The van der Waals surface area contributed by atoms with Gasteiger partial charge in [0.25, 0.3) is 5.91 Å². The summed E-state index contributed by atoms with van der Waals surface area (Å²) in [4.78, 5) is 33.2. The predicted octanol–water partition coefficient (Wildman–Crippen LogP) is 3.95. The maximum Gasteiger partial charge on any atom is 0.507 e. The molecule has 47 heavy (non-hydrogen) atoms. The van der Waals surface area contributed by atoms with Crippen LogP contribution >= 0.6 is 0 Å². The molecule has 3 aliphatic heterocycles. The molecule has 1 saturated heterocycles. The van der Waals surface area contributed by atoms with Crippen LogP contribution in [0.15, 0.2) is 75.7 Å². The van der Waals surface area contributed by atoms with Gasteiger partial charge in [0, 0.05) is 68.5 Å². The first-order valence-electron chi connectivity index (χ1n) is 14.7. The van der Waals surface area contributed by atoms with Gasteiger partial charge in [-0.2, -0.15) is 17.6 Å². The van der Waals surface area contributed by atoms with Gasteiger partial charge in [-0.15, -0.1) is 0 Å². The molecule has 1 fully saturated rings. The first-order valence-corrected chi connectivity index (χ1v) is 14.7. The van der Waals surface area contributed by atoms with Crippen molar-refractivity contribution in [3.05, 3.63) is 71.8 Å². The van der Waals surface area contributed by atoms with Gasteiger partial charge in [-0.25, -0.2) is 9.98 Å². The number of nitrogens with one attached hydrogen (secondary N) is 2. The van der Waals surface area contributed by atoms with Crippen LogP contribution in [0.25, 0.3) is 0 Å². The van der Waals surface area contributed by atoms with Crippen molar-refractivity contribution in [3.8, 4) is 11.5 Å². The van der Waals surface area contributed by atoms with Crippen molar-refractivity contribution in [1.29, 1.82) is 0 Å². The average molecular weight is 658 g/mol. The van der Waals surface area contributed by atoms with Gasteiger partial charge in [-0.1, -0.05) is 12.6 Å². The van der Waals surface area contributed by atoms with Crippen molar-refractivity contribution in [2.75, 3.05) is 64.0 Å². The molecule has 0 spiro atoms. The van der Waals surface area contributed by atoms with Crippen molar-refractivity contribution >= 4 is 35.2 Å². The topological polar surface area (TPSA) is 132 Å². The van der Waals surface area contributed by atoms with Crippen LogP contribution < -0.4 is 25.8 Å². The van der Waals surface area contributed by atoms with Crippen LogP contribution in [-0.4, -0.2) is 104 Å². The van der Waals surface area contributed by atoms with E-state index < -0.39 is 29.6 Å². The fourth-order valence-corrected chi connectivity index (χ4v) is 4.87. The van der Waals surface area contributed by atoms with Crippen molar-refractivity contribution in [2.24, 2.45) is 20.7 Å². The van der Waals surface area contributed by atoms with Gasteiger partial charge in [0.05, 0.1) is 6.21 Å². The second-order valence-corrected chi connectivity index (χ2v) is 11.3. The molecule has 5 rings (SSSR count). The Kier molecular flexibility index (Phi) is 9.53. The number of hydrogen-bond donors (Lipinski definition) is 3. The Bertz CT molecular complexity index is 1670. The second kappa shape index (κ2) is 13.4. The number of anilines is 2. The summed E-state index contributed by atoms with van der Waals surface area (Å²) < 4.78 is 62.5. The third-order valence-electron chi connectivity index (χ3n) is 7.55. The fourth-order valence-electron chi connectivity index (χ4n) is 4.87. The van der Waals surface area contributed by atoms with Crippen LogP contribution in [0.2, 0.25) is 0 Å². The molecule has 0 saturated carbocycles. The predicted molar refractivity (Wildman–Crippen MR) is 172 cm³/mol. The largest absolute Gasteiger partial charge is 0.507 e. The Morgan fingerprint density at radius 2 is 1.77 bits per heavy atom. The number of fused-ring (bicyclic) bond motifs is 1. The third kappa shape index (κ3) is 7.55. The first-order chi connectivity index (χ1) is 22.3. The zero-order valence-electron chi connectivity index (χ0n) is 26.1. The van der Waals surface area contributed by atoms with Gasteiger partial charge >= 0.3 is 12.2 Å². The van der Waals surface area contributed by atoms with Crippen LogP contribution in [0, 0.1) is 6.92 Å². The number of nitrogens with zero attached hydrogens (tertiary/aromatic N) is 6. The van der Waals surface area contributed by atoms with E-state index in [9.17, 15) is 22.4 Å². The molecule has 4 N–H and O–H groups in total. The van der Waals surface area contributed by atoms with E-state index in [1.54, 1.807) is 24.4 Å². The number of likely N-dealkylation sites (N-methyl/N-ethyl adjacent to an activating group) is 1. The number of ether oxygens (including phenoxy) is 2. The monoisotopic (exact) mass is 657 g/mol. The molecular weight excluding hydrogens is 622 g/mol. The minimum Gasteiger partial charge on any atom is -0.421 e. The maximum absolute atomic E-state index is 13.6. The number of piperazine rings is 1. The Balaban J connectivity index is 1.32. The molecule has 2 aromatic carbocycles. The number of aryl methyl sites for hydroxylation is 1. The fraction of sp³-hybridized carbons (Fsp3) is 0.355. The zero-order chi connectivity index (χ0) is 33.9. The highest BCUT2D eigenvalue weighted by molar-refractivity contribution is 6.41. The smallest absolute Gasteiger partial charge is 0.421 e. The molecule has 0 atom stereocenters. The highest BCUT2D eigenvalue weighted by Crippen LogP contribution is 2.47. The molecular formula is C31H35F4N9O3. The number of allylic oxidation sites excluding steroid dienone is 1. The summed E-state index contributed by atoms with van der Waals surface area (Å²) in [7, 11) is 4.10. The van der Waals surface area contributed by atoms with Gasteiger partial charge < -0.3 is 35.6 Å². The van der Waals surface area contributed by atoms with Gasteiger partial charge in [0.15, 0.2) is 11.5 Å². The quantitative estimate of drug-likeness (QED) is 0.364. The number of carbonyl (C=O) groups excluding carboxylic acids is 1. The van der Waals surface area contributed by atoms with E-state index in [2.05, 4.69) is 51.4 Å². The van der Waals surface area contributed by atoms with Gasteiger partial charge in [-0.05, 0) is 50.8 Å². The molecule has 0 unspecified atom stereocenters. The number of carbonyl (C=O) groups is 1. The van der Waals surface area contributed by atoms with Crippen LogP contribution in [0.3, 0.4) is 0 Å². The van der Waals surface area contributed by atoms with Gasteiger partial charge in [-0.3, -0.25) is 14.7 Å². The minimum absolute atomic E-state index is 0.0160. The van der Waals surface area contributed by atoms with Crippen LogP contribution in [0.1, 0.15) is 15.9 Å². The lowest BCUT2D eigenvalue weighted by molar-refractivity contribution is -0.391. The Labute approximate surface area is 268 Å². The second-order valence-electron chi connectivity index (χ2n) is 11.3. The number of nitrogens with two attached hydrogens (primary N) is 1. The van der Waals surface area contributed by atoms with E-state index >= 15 is 0 Å². The summed E-state index contributed by atoms with van der Waals surface area (Å²) >= 11 is 0. The Morgan fingerprint density at radius 3 is 2.45 bits per heavy atom. The number of benzene rings is 2. The molecule has 2 aromatic rings. The highest BCUT2D eigenvalue weighted by atomic mass is 19.3. The lowest BCUT2D eigenvalue weighted by atomic mass is 10.1. The van der Waals surface area contributed by atoms with Crippen LogP contribution in [0.4, 0.5) is 28.9 Å². The number of aliphatic imine (C=N–C) groups is 3. The maximum atomic E-state index is 13.6. The van der Waals surface area contributed by atoms with Gasteiger partial charge in [0.1, 0.15) is 17.2 Å². The molecule has 0 bridgehead atoms. The van der Waals surface area contributed by atoms with E-state index in [0.717, 1.165) is 57.0 Å². The molecule has 3 heterocycles. The zero-order valence-corrected chi connectivity index (χ0v) is 26.1. The molecule has 3 aliphatic rings. The first kappa shape index (κ1) is 33.4. The molecule has 1 amide bonds. The number of amides is 1. The van der Waals surface area contributed by atoms with Crippen molar-refractivity contribution in [1.82, 2.24) is 14.7 Å². The van der Waals surface area contributed by atoms with E-state index in [0.29, 0.717) is 23.1 Å². The molecule has 250 valence electrons. The Morgan fingerprint density at radius 1 is 1.06 bits per heavy atom. The van der Waals surface area contributed by atoms with Gasteiger partial charge in [0.2, 0.25) is 5.96 Å². The van der Waals surface area contributed by atoms with Crippen molar-refractivity contribution in [3.63, 3.8) is 0 Å². The molecule has 0 aromatic heterocycles. The summed E-state index contributed by atoms with van der Waals surface area (Å²) in [6.07, 6.45) is -6.79. The van der Waals surface area contributed by atoms with E-state index in [-0.39, 0.29) is 17.1 Å². The normalized spacial score (nSPS) is 20.6. The summed E-state index contributed by atoms with van der Waals surface area (Å²) in [6, 6.07) is 7.98. The molecule has 16 heteroatoms.